The number of rotatable bonds is 3. The summed E-state index contributed by atoms with van der Waals surface area (Å²) in [6, 6.07) is 2.03. The van der Waals surface area contributed by atoms with Gasteiger partial charge in [-0.25, -0.2) is 0 Å². The lowest BCUT2D eigenvalue weighted by molar-refractivity contribution is -0.154. The molecule has 1 aromatic rings. The molecule has 0 aliphatic carbocycles. The van der Waals surface area contributed by atoms with Gasteiger partial charge in [-0.15, -0.1) is 0 Å². The predicted molar refractivity (Wildman–Crippen MR) is 58.5 cm³/mol. The van der Waals surface area contributed by atoms with Gasteiger partial charge in [0.05, 0.1) is 0 Å². The number of hydrogen-bond donors (Lipinski definition) is 1. The minimum atomic E-state index is -4.51. The van der Waals surface area contributed by atoms with Crippen LogP contribution >= 0.6 is 0 Å². The van der Waals surface area contributed by atoms with Gasteiger partial charge in [0.2, 0.25) is 5.76 Å². The fourth-order valence-electron chi connectivity index (χ4n) is 2.14. The van der Waals surface area contributed by atoms with Gasteiger partial charge in [0, 0.05) is 19.0 Å². The molecule has 100 valence electrons. The van der Waals surface area contributed by atoms with Crippen molar-refractivity contribution in [3.8, 4) is 0 Å². The first-order valence-corrected chi connectivity index (χ1v) is 5.63. The Hall–Kier alpha value is -1.43. The van der Waals surface area contributed by atoms with E-state index in [9.17, 15) is 18.3 Å². The number of halogens is 3. The van der Waals surface area contributed by atoms with Gasteiger partial charge in [0.25, 0.3) is 0 Å². The number of hydrogen-bond acceptors (Lipinski definition) is 3. The summed E-state index contributed by atoms with van der Waals surface area (Å²) in [5.74, 6) is -1.23. The zero-order valence-corrected chi connectivity index (χ0v) is 9.65. The highest BCUT2D eigenvalue weighted by molar-refractivity contribution is 5.13. The van der Waals surface area contributed by atoms with Gasteiger partial charge < -0.3 is 14.4 Å². The van der Waals surface area contributed by atoms with Gasteiger partial charge in [-0.05, 0) is 24.8 Å². The number of alkyl halides is 3. The molecule has 2 unspecified atom stereocenters. The van der Waals surface area contributed by atoms with Crippen molar-refractivity contribution in [2.75, 3.05) is 13.1 Å². The van der Waals surface area contributed by atoms with E-state index in [2.05, 4.69) is 11.0 Å². The van der Waals surface area contributed by atoms with Crippen LogP contribution in [-0.2, 0) is 6.18 Å². The van der Waals surface area contributed by atoms with E-state index in [1.165, 1.54) is 6.07 Å². The standard InChI is InChI=1S/C12H14F3NO2/c1-2-16-6-5-8(7-16)11(17)9-3-4-10(18-9)12(13,14)15/h2-4,8,11,17H,1,5-7H2. The molecule has 0 amide bonds. The summed E-state index contributed by atoms with van der Waals surface area (Å²) in [4.78, 5) is 1.92. The van der Waals surface area contributed by atoms with Crippen LogP contribution in [0.3, 0.4) is 0 Å². The molecule has 1 fully saturated rings. The smallest absolute Gasteiger partial charge is 0.449 e. The van der Waals surface area contributed by atoms with E-state index in [4.69, 9.17) is 0 Å². The first kappa shape index (κ1) is 13.0. The highest BCUT2D eigenvalue weighted by atomic mass is 19.4. The van der Waals surface area contributed by atoms with Crippen molar-refractivity contribution in [3.63, 3.8) is 0 Å². The largest absolute Gasteiger partial charge is 0.454 e. The molecule has 0 radical (unpaired) electrons. The Labute approximate surface area is 103 Å². The van der Waals surface area contributed by atoms with Crippen LogP contribution in [0.25, 0.3) is 0 Å². The average Bonchev–Trinajstić information content (AvgIpc) is 2.96. The van der Waals surface area contributed by atoms with Crippen LogP contribution in [0.5, 0.6) is 0 Å². The SMILES string of the molecule is C=CN1CCC(C(O)c2ccc(C(F)(F)F)o2)C1. The fourth-order valence-corrected chi connectivity index (χ4v) is 2.14. The van der Waals surface area contributed by atoms with Gasteiger partial charge in [0.1, 0.15) is 11.9 Å². The van der Waals surface area contributed by atoms with E-state index < -0.39 is 18.0 Å². The molecule has 1 N–H and O–H groups in total. The molecule has 2 rings (SSSR count). The predicted octanol–water partition coefficient (Wildman–Crippen LogP) is 2.80. The first-order chi connectivity index (χ1) is 8.41. The molecule has 0 bridgehead atoms. The Morgan fingerprint density at radius 3 is 2.72 bits per heavy atom. The topological polar surface area (TPSA) is 36.6 Å². The minimum Gasteiger partial charge on any atom is -0.454 e. The molecule has 0 aromatic carbocycles. The number of aliphatic hydroxyl groups is 1. The van der Waals surface area contributed by atoms with Crippen LogP contribution in [0.2, 0.25) is 0 Å². The normalized spacial score (nSPS) is 22.2. The lowest BCUT2D eigenvalue weighted by Crippen LogP contribution is -2.17. The molecular weight excluding hydrogens is 247 g/mol. The summed E-state index contributed by atoms with van der Waals surface area (Å²) in [5, 5.41) is 9.99. The van der Waals surface area contributed by atoms with Crippen molar-refractivity contribution >= 4 is 0 Å². The zero-order chi connectivity index (χ0) is 13.3. The molecular formula is C12H14F3NO2. The van der Waals surface area contributed by atoms with Crippen LogP contribution in [0, 0.1) is 5.92 Å². The number of aliphatic hydroxyl groups excluding tert-OH is 1. The highest BCUT2D eigenvalue weighted by Crippen LogP contribution is 2.35. The Balaban J connectivity index is 2.08. The maximum Gasteiger partial charge on any atom is 0.449 e. The summed E-state index contributed by atoms with van der Waals surface area (Å²) < 4.78 is 41.8. The molecule has 18 heavy (non-hydrogen) atoms. The monoisotopic (exact) mass is 261 g/mol. The Bertz CT molecular complexity index is 427. The summed E-state index contributed by atoms with van der Waals surface area (Å²) >= 11 is 0. The second-order valence-electron chi connectivity index (χ2n) is 4.37. The zero-order valence-electron chi connectivity index (χ0n) is 9.65. The van der Waals surface area contributed by atoms with Gasteiger partial charge >= 0.3 is 6.18 Å². The van der Waals surface area contributed by atoms with Gasteiger partial charge in [-0.2, -0.15) is 13.2 Å². The molecule has 1 aliphatic heterocycles. The second kappa shape index (κ2) is 4.68. The lowest BCUT2D eigenvalue weighted by Gasteiger charge is -2.16. The number of furan rings is 1. The van der Waals surface area contributed by atoms with E-state index in [-0.39, 0.29) is 11.7 Å². The summed E-state index contributed by atoms with van der Waals surface area (Å²) in [6.07, 6.45) is -3.16. The van der Waals surface area contributed by atoms with Crippen molar-refractivity contribution in [3.05, 3.63) is 36.4 Å². The van der Waals surface area contributed by atoms with Crippen LogP contribution in [0.15, 0.2) is 29.3 Å². The summed E-state index contributed by atoms with van der Waals surface area (Å²) in [5.41, 5.74) is 0. The average molecular weight is 261 g/mol. The molecule has 1 aliphatic rings. The minimum absolute atomic E-state index is 0.0294. The van der Waals surface area contributed by atoms with Crippen LogP contribution < -0.4 is 0 Å². The van der Waals surface area contributed by atoms with E-state index in [0.29, 0.717) is 13.0 Å². The summed E-state index contributed by atoms with van der Waals surface area (Å²) in [6.45, 7) is 4.94. The third-order valence-corrected chi connectivity index (χ3v) is 3.16. The first-order valence-electron chi connectivity index (χ1n) is 5.63. The molecule has 1 saturated heterocycles. The van der Waals surface area contributed by atoms with Gasteiger partial charge in [-0.1, -0.05) is 6.58 Å². The number of likely N-dealkylation sites (tertiary alicyclic amines) is 1. The van der Waals surface area contributed by atoms with Gasteiger partial charge in [-0.3, -0.25) is 0 Å². The van der Waals surface area contributed by atoms with Gasteiger partial charge in [0.15, 0.2) is 0 Å². The molecule has 2 heterocycles. The molecule has 3 nitrogen and oxygen atoms in total. The molecule has 2 atom stereocenters. The third kappa shape index (κ3) is 2.53. The molecule has 0 saturated carbocycles. The van der Waals surface area contributed by atoms with Crippen LogP contribution in [-0.4, -0.2) is 23.1 Å². The summed E-state index contributed by atoms with van der Waals surface area (Å²) in [7, 11) is 0. The van der Waals surface area contributed by atoms with Crippen molar-refractivity contribution in [2.24, 2.45) is 5.92 Å². The number of nitrogens with zero attached hydrogens (tertiary/aromatic N) is 1. The lowest BCUT2D eigenvalue weighted by atomic mass is 10.00. The van der Waals surface area contributed by atoms with E-state index in [0.717, 1.165) is 12.6 Å². The van der Waals surface area contributed by atoms with Crippen molar-refractivity contribution in [1.29, 1.82) is 0 Å². The quantitative estimate of drug-likeness (QED) is 0.909. The van der Waals surface area contributed by atoms with Crippen molar-refractivity contribution < 1.29 is 22.7 Å². The Kier molecular flexibility index (Phi) is 3.38. The Morgan fingerprint density at radius 2 is 2.22 bits per heavy atom. The third-order valence-electron chi connectivity index (χ3n) is 3.16. The molecule has 0 spiro atoms. The molecule has 1 aromatic heterocycles. The van der Waals surface area contributed by atoms with Crippen LogP contribution in [0.1, 0.15) is 24.0 Å². The van der Waals surface area contributed by atoms with E-state index in [1.54, 1.807) is 6.20 Å². The highest BCUT2D eigenvalue weighted by Gasteiger charge is 2.37. The second-order valence-corrected chi connectivity index (χ2v) is 4.37. The molecule has 6 heteroatoms. The van der Waals surface area contributed by atoms with Crippen LogP contribution in [0.4, 0.5) is 13.2 Å². The van der Waals surface area contributed by atoms with Crippen molar-refractivity contribution in [1.82, 2.24) is 4.90 Å². The van der Waals surface area contributed by atoms with Crippen molar-refractivity contribution in [2.45, 2.75) is 18.7 Å². The maximum absolute atomic E-state index is 12.4. The maximum atomic E-state index is 12.4. The fraction of sp³-hybridized carbons (Fsp3) is 0.500. The van der Waals surface area contributed by atoms with E-state index >= 15 is 0 Å². The Morgan fingerprint density at radius 1 is 1.50 bits per heavy atom. The van der Waals surface area contributed by atoms with E-state index in [1.807, 2.05) is 4.90 Å².